The van der Waals surface area contributed by atoms with Crippen LogP contribution in [-0.2, 0) is 14.3 Å². The lowest BCUT2D eigenvalue weighted by Crippen LogP contribution is -2.39. The number of esters is 1. The number of aromatic nitrogens is 1. The molecule has 1 atom stereocenters. The average Bonchev–Trinajstić information content (AvgIpc) is 3.52. The first-order valence-electron chi connectivity index (χ1n) is 12.5. The highest BCUT2D eigenvalue weighted by Crippen LogP contribution is 2.31. The highest BCUT2D eigenvalue weighted by Gasteiger charge is 2.33. The summed E-state index contributed by atoms with van der Waals surface area (Å²) in [6, 6.07) is 10.4. The minimum absolute atomic E-state index is 0.213. The number of morpholine rings is 1. The molecule has 10 heteroatoms. The predicted molar refractivity (Wildman–Crippen MR) is 144 cm³/mol. The van der Waals surface area contributed by atoms with Crippen LogP contribution in [0.15, 0.2) is 74.5 Å². The molecule has 2 aliphatic rings. The molecular weight excluding hydrogens is 506 g/mol. The van der Waals surface area contributed by atoms with Crippen LogP contribution in [0.3, 0.4) is 0 Å². The molecule has 1 aromatic carbocycles. The topological polar surface area (TPSA) is 95.5 Å². The van der Waals surface area contributed by atoms with Crippen LogP contribution in [0.5, 0.6) is 5.75 Å². The smallest absolute Gasteiger partial charge is 0.338 e. The van der Waals surface area contributed by atoms with E-state index in [1.165, 1.54) is 11.3 Å². The van der Waals surface area contributed by atoms with Gasteiger partial charge in [-0.05, 0) is 37.6 Å². The van der Waals surface area contributed by atoms with Gasteiger partial charge in [-0.25, -0.2) is 9.79 Å². The molecule has 0 amide bonds. The quantitative estimate of drug-likeness (QED) is 0.323. The Bertz CT molecular complexity index is 1540. The summed E-state index contributed by atoms with van der Waals surface area (Å²) < 4.78 is 24.4. The van der Waals surface area contributed by atoms with E-state index in [1.807, 2.05) is 36.4 Å². The summed E-state index contributed by atoms with van der Waals surface area (Å²) in [5, 5.41) is 0. The van der Waals surface area contributed by atoms with Gasteiger partial charge in [0.25, 0.3) is 5.56 Å². The summed E-state index contributed by atoms with van der Waals surface area (Å²) in [4.78, 5) is 34.0. The second-order valence-electron chi connectivity index (χ2n) is 8.75. The van der Waals surface area contributed by atoms with Crippen LogP contribution in [-0.4, -0.2) is 50.1 Å². The van der Waals surface area contributed by atoms with Gasteiger partial charge in [-0.1, -0.05) is 36.1 Å². The Morgan fingerprint density at radius 3 is 2.68 bits per heavy atom. The molecule has 0 bridgehead atoms. The normalized spacial score (nSPS) is 17.7. The fourth-order valence-corrected chi connectivity index (χ4v) is 5.54. The lowest BCUT2D eigenvalue weighted by atomic mass is 9.96. The van der Waals surface area contributed by atoms with Crippen LogP contribution >= 0.6 is 11.3 Å². The fraction of sp³-hybridized carbons (Fsp3) is 0.321. The van der Waals surface area contributed by atoms with E-state index in [-0.39, 0.29) is 12.2 Å². The summed E-state index contributed by atoms with van der Waals surface area (Å²) >= 11 is 1.26. The van der Waals surface area contributed by atoms with Crippen molar-refractivity contribution in [3.8, 4) is 5.75 Å². The Labute approximate surface area is 223 Å². The van der Waals surface area contributed by atoms with E-state index in [2.05, 4.69) is 16.5 Å². The minimum atomic E-state index is -0.693. The van der Waals surface area contributed by atoms with Gasteiger partial charge in [0.2, 0.25) is 0 Å². The molecule has 198 valence electrons. The molecule has 9 nitrogen and oxygen atoms in total. The zero-order chi connectivity index (χ0) is 26.6. The highest BCUT2D eigenvalue weighted by atomic mass is 32.1. The molecule has 38 heavy (non-hydrogen) atoms. The summed E-state index contributed by atoms with van der Waals surface area (Å²) in [5.74, 6) is 1.47. The SMILES string of the molecule is C=CCOc1ccc([C@H]2C(C(=O)OCC)=C(C)N=c3s/c(=C\c4ccc(N5CCOCC5)o4)c(=O)n32)cc1. The number of benzene rings is 1. The molecule has 4 heterocycles. The first kappa shape index (κ1) is 25.7. The maximum absolute atomic E-state index is 13.8. The maximum atomic E-state index is 13.8. The molecule has 0 unspecified atom stereocenters. The zero-order valence-electron chi connectivity index (χ0n) is 21.3. The van der Waals surface area contributed by atoms with Crippen LogP contribution < -0.4 is 24.5 Å². The van der Waals surface area contributed by atoms with Crippen LogP contribution in [0.4, 0.5) is 5.88 Å². The average molecular weight is 536 g/mol. The van der Waals surface area contributed by atoms with E-state index in [9.17, 15) is 9.59 Å². The largest absolute Gasteiger partial charge is 0.490 e. The number of hydrogen-bond acceptors (Lipinski definition) is 9. The van der Waals surface area contributed by atoms with E-state index in [0.29, 0.717) is 51.9 Å². The van der Waals surface area contributed by atoms with Gasteiger partial charge in [0.15, 0.2) is 10.7 Å². The number of carbonyl (C=O) groups excluding carboxylic acids is 1. The molecular formula is C28H29N3O6S. The van der Waals surface area contributed by atoms with Gasteiger partial charge >= 0.3 is 5.97 Å². The first-order chi connectivity index (χ1) is 18.5. The monoisotopic (exact) mass is 535 g/mol. The van der Waals surface area contributed by atoms with Gasteiger partial charge in [0.05, 0.1) is 41.7 Å². The standard InChI is InChI=1S/C28H29N3O6S/c1-4-14-36-20-8-6-19(7-9-20)25-24(27(33)35-5-2)18(3)29-28-31(25)26(32)22(38-28)17-21-10-11-23(37-21)30-12-15-34-16-13-30/h4,6-11,17,25H,1,5,12-16H2,2-3H3/b22-17-/t25-/m0/s1. The van der Waals surface area contributed by atoms with Crippen molar-refractivity contribution in [2.45, 2.75) is 19.9 Å². The molecule has 3 aromatic rings. The van der Waals surface area contributed by atoms with Crippen molar-refractivity contribution in [2.24, 2.45) is 4.99 Å². The van der Waals surface area contributed by atoms with Gasteiger partial charge in [0.1, 0.15) is 18.1 Å². The van der Waals surface area contributed by atoms with Gasteiger partial charge < -0.3 is 23.5 Å². The number of rotatable bonds is 8. The summed E-state index contributed by atoms with van der Waals surface area (Å²) in [6.07, 6.45) is 3.39. The van der Waals surface area contributed by atoms with Crippen molar-refractivity contribution in [1.29, 1.82) is 0 Å². The third-order valence-electron chi connectivity index (χ3n) is 6.29. The fourth-order valence-electron chi connectivity index (χ4n) is 4.51. The number of carbonyl (C=O) groups is 1. The number of ether oxygens (including phenoxy) is 3. The molecule has 0 aliphatic carbocycles. The number of allylic oxidation sites excluding steroid dienone is 1. The third-order valence-corrected chi connectivity index (χ3v) is 7.27. The Morgan fingerprint density at radius 1 is 1.21 bits per heavy atom. The Morgan fingerprint density at radius 2 is 1.97 bits per heavy atom. The van der Waals surface area contributed by atoms with E-state index in [1.54, 1.807) is 30.6 Å². The highest BCUT2D eigenvalue weighted by molar-refractivity contribution is 7.07. The molecule has 0 radical (unpaired) electrons. The lowest BCUT2D eigenvalue weighted by Gasteiger charge is -2.26. The molecule has 5 rings (SSSR count). The van der Waals surface area contributed by atoms with Crippen LogP contribution in [0, 0.1) is 0 Å². The maximum Gasteiger partial charge on any atom is 0.338 e. The molecule has 1 fully saturated rings. The van der Waals surface area contributed by atoms with Gasteiger partial charge in [-0.15, -0.1) is 0 Å². The number of nitrogens with zero attached hydrogens (tertiary/aromatic N) is 3. The van der Waals surface area contributed by atoms with Crippen molar-refractivity contribution < 1.29 is 23.4 Å². The minimum Gasteiger partial charge on any atom is -0.490 e. The Kier molecular flexibility index (Phi) is 7.62. The van der Waals surface area contributed by atoms with E-state index in [0.717, 1.165) is 24.5 Å². The molecule has 0 saturated carbocycles. The summed E-state index contributed by atoms with van der Waals surface area (Å²) in [7, 11) is 0. The molecule has 0 N–H and O–H groups in total. The molecule has 2 aromatic heterocycles. The Balaban J connectivity index is 1.57. The molecule has 2 aliphatic heterocycles. The summed E-state index contributed by atoms with van der Waals surface area (Å²) in [5.41, 5.74) is 1.33. The van der Waals surface area contributed by atoms with Gasteiger partial charge in [-0.2, -0.15) is 0 Å². The van der Waals surface area contributed by atoms with Gasteiger partial charge in [0, 0.05) is 25.2 Å². The van der Waals surface area contributed by atoms with Crippen molar-refractivity contribution in [2.75, 3.05) is 44.4 Å². The molecule has 1 saturated heterocycles. The number of hydrogen-bond donors (Lipinski definition) is 0. The predicted octanol–water partition coefficient (Wildman–Crippen LogP) is 2.79. The Hall–Kier alpha value is -3.89. The molecule has 0 spiro atoms. The summed E-state index contributed by atoms with van der Waals surface area (Å²) in [6.45, 7) is 10.6. The van der Waals surface area contributed by atoms with Crippen LogP contribution in [0.1, 0.15) is 31.2 Å². The zero-order valence-corrected chi connectivity index (χ0v) is 22.2. The van der Waals surface area contributed by atoms with Gasteiger partial charge in [-0.3, -0.25) is 9.36 Å². The number of fused-ring (bicyclic) bond motifs is 1. The van der Waals surface area contributed by atoms with E-state index in [4.69, 9.17) is 18.6 Å². The first-order valence-corrected chi connectivity index (χ1v) is 13.3. The van der Waals surface area contributed by atoms with Crippen molar-refractivity contribution in [3.63, 3.8) is 0 Å². The van der Waals surface area contributed by atoms with Crippen molar-refractivity contribution in [1.82, 2.24) is 4.57 Å². The van der Waals surface area contributed by atoms with E-state index < -0.39 is 12.0 Å². The van der Waals surface area contributed by atoms with Crippen LogP contribution in [0.25, 0.3) is 6.08 Å². The second kappa shape index (κ2) is 11.2. The van der Waals surface area contributed by atoms with Crippen molar-refractivity contribution >= 4 is 29.3 Å². The number of thiazole rings is 1. The second-order valence-corrected chi connectivity index (χ2v) is 9.76. The van der Waals surface area contributed by atoms with E-state index >= 15 is 0 Å². The number of furan rings is 1. The van der Waals surface area contributed by atoms with Crippen LogP contribution in [0.2, 0.25) is 0 Å². The lowest BCUT2D eigenvalue weighted by molar-refractivity contribution is -0.139. The third kappa shape index (κ3) is 5.09. The van der Waals surface area contributed by atoms with Crippen molar-refractivity contribution in [3.05, 3.63) is 91.3 Å². The number of anilines is 1.